The van der Waals surface area contributed by atoms with Gasteiger partial charge in [-0.2, -0.15) is 8.78 Å². The van der Waals surface area contributed by atoms with Crippen LogP contribution in [0.5, 0.6) is 5.75 Å². The van der Waals surface area contributed by atoms with Crippen molar-refractivity contribution in [3.8, 4) is 5.75 Å². The molecule has 0 bridgehead atoms. The Kier molecular flexibility index (Phi) is 6.46. The van der Waals surface area contributed by atoms with E-state index >= 15 is 0 Å². The van der Waals surface area contributed by atoms with Gasteiger partial charge in [0.15, 0.2) is 5.96 Å². The summed E-state index contributed by atoms with van der Waals surface area (Å²) in [7, 11) is 0. The fraction of sp³-hybridized carbons (Fsp3) is 0.632. The number of benzene rings is 1. The van der Waals surface area contributed by atoms with Gasteiger partial charge in [-0.25, -0.2) is 9.38 Å². The molecule has 1 heterocycles. The summed E-state index contributed by atoms with van der Waals surface area (Å²) in [5.74, 6) is -0.236. The van der Waals surface area contributed by atoms with Gasteiger partial charge in [0.05, 0.1) is 12.1 Å². The van der Waals surface area contributed by atoms with E-state index in [1.165, 1.54) is 31.0 Å². The largest absolute Gasteiger partial charge is 0.434 e. The summed E-state index contributed by atoms with van der Waals surface area (Å²) < 4.78 is 43.6. The molecule has 0 amide bonds. The van der Waals surface area contributed by atoms with E-state index in [9.17, 15) is 13.2 Å². The van der Waals surface area contributed by atoms with Gasteiger partial charge in [-0.1, -0.05) is 6.07 Å². The Labute approximate surface area is 158 Å². The molecule has 2 N–H and O–H groups in total. The Balaban J connectivity index is 1.67. The molecule has 2 aliphatic rings. The van der Waals surface area contributed by atoms with E-state index in [0.29, 0.717) is 24.6 Å². The highest BCUT2D eigenvalue weighted by Crippen LogP contribution is 2.33. The molecule has 1 aromatic rings. The molecule has 5 nitrogen and oxygen atoms in total. The van der Waals surface area contributed by atoms with Crippen LogP contribution in [0, 0.1) is 5.82 Å². The van der Waals surface area contributed by atoms with Crippen LogP contribution < -0.4 is 15.4 Å². The van der Waals surface area contributed by atoms with Gasteiger partial charge in [-0.3, -0.25) is 4.90 Å². The number of alkyl halides is 2. The zero-order valence-electron chi connectivity index (χ0n) is 15.7. The molecule has 2 atom stereocenters. The minimum absolute atomic E-state index is 0.0226. The van der Waals surface area contributed by atoms with Crippen molar-refractivity contribution in [1.29, 1.82) is 0 Å². The zero-order chi connectivity index (χ0) is 19.4. The molecule has 0 radical (unpaired) electrons. The second-order valence-corrected chi connectivity index (χ2v) is 7.14. The van der Waals surface area contributed by atoms with Crippen LogP contribution in [0.3, 0.4) is 0 Å². The Morgan fingerprint density at radius 1 is 1.37 bits per heavy atom. The SMILES string of the molecule is CCNC(=NCc1c(F)cccc1OC(F)F)NC1CC(C)N(C2CC2)C1. The van der Waals surface area contributed by atoms with Crippen LogP contribution >= 0.6 is 0 Å². The third kappa shape index (κ3) is 5.28. The molecule has 8 heteroatoms. The molecule has 1 saturated heterocycles. The maximum atomic E-state index is 14.1. The van der Waals surface area contributed by atoms with Gasteiger partial charge in [0.1, 0.15) is 11.6 Å². The van der Waals surface area contributed by atoms with Crippen molar-refractivity contribution >= 4 is 5.96 Å². The quantitative estimate of drug-likeness (QED) is 0.560. The van der Waals surface area contributed by atoms with Gasteiger partial charge >= 0.3 is 6.61 Å². The molecule has 2 fully saturated rings. The summed E-state index contributed by atoms with van der Waals surface area (Å²) in [6.07, 6.45) is 3.55. The minimum atomic E-state index is -3.01. The fourth-order valence-corrected chi connectivity index (χ4v) is 3.65. The minimum Gasteiger partial charge on any atom is -0.434 e. The number of nitrogens with zero attached hydrogens (tertiary/aromatic N) is 2. The highest BCUT2D eigenvalue weighted by atomic mass is 19.3. The predicted octanol–water partition coefficient (Wildman–Crippen LogP) is 3.11. The van der Waals surface area contributed by atoms with E-state index in [0.717, 1.165) is 13.0 Å². The van der Waals surface area contributed by atoms with Gasteiger partial charge in [0, 0.05) is 31.2 Å². The van der Waals surface area contributed by atoms with Crippen LogP contribution in [0.4, 0.5) is 13.2 Å². The van der Waals surface area contributed by atoms with Crippen molar-refractivity contribution < 1.29 is 17.9 Å². The van der Waals surface area contributed by atoms with E-state index in [4.69, 9.17) is 0 Å². The van der Waals surface area contributed by atoms with E-state index in [2.05, 4.69) is 32.2 Å². The molecule has 0 spiro atoms. The van der Waals surface area contributed by atoms with Crippen molar-refractivity contribution in [2.75, 3.05) is 13.1 Å². The molecule has 2 unspecified atom stereocenters. The number of ether oxygens (including phenoxy) is 1. The highest BCUT2D eigenvalue weighted by molar-refractivity contribution is 5.80. The molecule has 1 saturated carbocycles. The number of rotatable bonds is 7. The van der Waals surface area contributed by atoms with E-state index in [-0.39, 0.29) is 23.9 Å². The second-order valence-electron chi connectivity index (χ2n) is 7.14. The lowest BCUT2D eigenvalue weighted by atomic mass is 10.2. The third-order valence-electron chi connectivity index (χ3n) is 5.01. The first-order valence-corrected chi connectivity index (χ1v) is 9.50. The number of nitrogens with one attached hydrogen (secondary N) is 2. The summed E-state index contributed by atoms with van der Waals surface area (Å²) in [4.78, 5) is 6.92. The monoisotopic (exact) mass is 384 g/mol. The summed E-state index contributed by atoms with van der Waals surface area (Å²) in [5.41, 5.74) is 0.0226. The maximum Gasteiger partial charge on any atom is 0.387 e. The lowest BCUT2D eigenvalue weighted by molar-refractivity contribution is -0.0506. The van der Waals surface area contributed by atoms with Crippen molar-refractivity contribution in [2.24, 2.45) is 4.99 Å². The molecular weight excluding hydrogens is 357 g/mol. The normalized spacial score (nSPS) is 23.7. The molecule has 3 rings (SSSR count). The average molecular weight is 384 g/mol. The Morgan fingerprint density at radius 2 is 2.15 bits per heavy atom. The molecular formula is C19H27F3N4O. The first-order valence-electron chi connectivity index (χ1n) is 9.50. The van der Waals surface area contributed by atoms with Gasteiger partial charge in [-0.15, -0.1) is 0 Å². The number of likely N-dealkylation sites (tertiary alicyclic amines) is 1. The standard InChI is InChI=1S/C19H27F3N4O/c1-3-23-19(25-13-9-12(2)26(11-13)14-7-8-14)24-10-15-16(20)5-4-6-17(15)27-18(21)22/h4-6,12-14,18H,3,7-11H2,1-2H3,(H2,23,24,25). The van der Waals surface area contributed by atoms with Crippen molar-refractivity contribution in [3.05, 3.63) is 29.6 Å². The number of aliphatic imine (C=N–C) groups is 1. The summed E-state index contributed by atoms with van der Waals surface area (Å²) in [6.45, 7) is 2.69. The van der Waals surface area contributed by atoms with Gasteiger partial charge in [0.25, 0.3) is 0 Å². The van der Waals surface area contributed by atoms with Crippen molar-refractivity contribution in [2.45, 2.75) is 64.4 Å². The molecule has 150 valence electrons. The van der Waals surface area contributed by atoms with Crippen LogP contribution in [-0.4, -0.2) is 48.7 Å². The zero-order valence-corrected chi connectivity index (χ0v) is 15.7. The lowest BCUT2D eigenvalue weighted by Crippen LogP contribution is -2.44. The van der Waals surface area contributed by atoms with Crippen molar-refractivity contribution in [3.63, 3.8) is 0 Å². The summed E-state index contributed by atoms with van der Waals surface area (Å²) >= 11 is 0. The molecule has 27 heavy (non-hydrogen) atoms. The van der Waals surface area contributed by atoms with E-state index in [1.54, 1.807) is 0 Å². The number of hydrogen-bond acceptors (Lipinski definition) is 3. The number of halogens is 3. The van der Waals surface area contributed by atoms with Crippen LogP contribution in [0.25, 0.3) is 0 Å². The molecule has 1 aromatic carbocycles. The summed E-state index contributed by atoms with van der Waals surface area (Å²) in [6, 6.07) is 5.38. The van der Waals surface area contributed by atoms with E-state index < -0.39 is 12.4 Å². The Bertz CT molecular complexity index is 666. The maximum absolute atomic E-state index is 14.1. The fourth-order valence-electron chi connectivity index (χ4n) is 3.65. The summed E-state index contributed by atoms with van der Waals surface area (Å²) in [5, 5.41) is 6.54. The van der Waals surface area contributed by atoms with Crippen LogP contribution in [0.1, 0.15) is 38.7 Å². The van der Waals surface area contributed by atoms with E-state index in [1.807, 2.05) is 6.92 Å². The second kappa shape index (κ2) is 8.82. The average Bonchev–Trinajstić information content (AvgIpc) is 3.37. The van der Waals surface area contributed by atoms with Gasteiger partial charge < -0.3 is 15.4 Å². The number of guanidine groups is 1. The third-order valence-corrected chi connectivity index (χ3v) is 5.01. The van der Waals surface area contributed by atoms with Crippen LogP contribution in [0.2, 0.25) is 0 Å². The lowest BCUT2D eigenvalue weighted by Gasteiger charge is -2.20. The predicted molar refractivity (Wildman–Crippen MR) is 98.6 cm³/mol. The molecule has 1 aliphatic carbocycles. The van der Waals surface area contributed by atoms with Crippen LogP contribution in [0.15, 0.2) is 23.2 Å². The smallest absolute Gasteiger partial charge is 0.387 e. The van der Waals surface area contributed by atoms with Gasteiger partial charge in [-0.05, 0) is 45.2 Å². The number of hydrogen-bond donors (Lipinski definition) is 2. The molecule has 0 aromatic heterocycles. The van der Waals surface area contributed by atoms with Gasteiger partial charge in [0.2, 0.25) is 0 Å². The Morgan fingerprint density at radius 3 is 2.81 bits per heavy atom. The first-order chi connectivity index (χ1) is 13.0. The van der Waals surface area contributed by atoms with Crippen molar-refractivity contribution in [1.82, 2.24) is 15.5 Å². The topological polar surface area (TPSA) is 48.9 Å². The van der Waals surface area contributed by atoms with Crippen LogP contribution in [-0.2, 0) is 6.54 Å². The highest BCUT2D eigenvalue weighted by Gasteiger charge is 2.38. The Hall–Kier alpha value is -1.96. The molecule has 1 aliphatic heterocycles. The first kappa shape index (κ1) is 19.8.